The predicted molar refractivity (Wildman–Crippen MR) is 65.5 cm³/mol. The van der Waals surface area contributed by atoms with Crippen molar-refractivity contribution in [2.75, 3.05) is 32.5 Å². The Morgan fingerprint density at radius 1 is 1.44 bits per heavy atom. The minimum absolute atomic E-state index is 0.150. The first-order chi connectivity index (χ1) is 7.65. The maximum atomic E-state index is 8.96. The number of ether oxygens (including phenoxy) is 1. The van der Waals surface area contributed by atoms with E-state index in [0.717, 1.165) is 6.54 Å². The summed E-state index contributed by atoms with van der Waals surface area (Å²) in [7, 11) is 1.96. The molecule has 0 aliphatic heterocycles. The average molecular weight is 224 g/mol. The number of anilines is 1. The third-order valence-electron chi connectivity index (χ3n) is 2.64. The van der Waals surface area contributed by atoms with Crippen LogP contribution in [0.3, 0.4) is 0 Å². The number of aliphatic hydroxyl groups excluding tert-OH is 1. The summed E-state index contributed by atoms with van der Waals surface area (Å²) in [5.41, 5.74) is 6.40. The van der Waals surface area contributed by atoms with Crippen LogP contribution in [-0.2, 0) is 0 Å². The van der Waals surface area contributed by atoms with Crippen molar-refractivity contribution >= 4 is 5.69 Å². The van der Waals surface area contributed by atoms with Crippen LogP contribution in [0.15, 0.2) is 24.3 Å². The van der Waals surface area contributed by atoms with Crippen LogP contribution >= 0.6 is 0 Å². The van der Waals surface area contributed by atoms with Crippen molar-refractivity contribution in [2.24, 2.45) is 0 Å². The molecule has 1 unspecified atom stereocenters. The molecule has 1 atom stereocenters. The molecule has 0 fully saturated rings. The van der Waals surface area contributed by atoms with E-state index in [0.29, 0.717) is 18.0 Å². The Hall–Kier alpha value is -1.26. The molecule has 1 aromatic rings. The van der Waals surface area contributed by atoms with Crippen molar-refractivity contribution in [1.29, 1.82) is 0 Å². The first kappa shape index (κ1) is 12.8. The van der Waals surface area contributed by atoms with E-state index in [1.165, 1.54) is 0 Å². The average Bonchev–Trinajstić information content (AvgIpc) is 2.30. The van der Waals surface area contributed by atoms with E-state index in [9.17, 15) is 0 Å². The molecule has 4 nitrogen and oxygen atoms in total. The molecule has 1 aromatic carbocycles. The highest BCUT2D eigenvalue weighted by Crippen LogP contribution is 2.19. The van der Waals surface area contributed by atoms with E-state index in [1.54, 1.807) is 0 Å². The SMILES string of the molecule is CC(CO)N(C)CCOc1ccccc1N. The van der Waals surface area contributed by atoms with Crippen LogP contribution in [0.25, 0.3) is 0 Å². The molecule has 1 rings (SSSR count). The molecule has 3 N–H and O–H groups in total. The van der Waals surface area contributed by atoms with Gasteiger partial charge in [-0.1, -0.05) is 12.1 Å². The molecule has 0 aliphatic rings. The lowest BCUT2D eigenvalue weighted by atomic mass is 10.3. The Bertz CT molecular complexity index is 318. The quantitative estimate of drug-likeness (QED) is 0.707. The fourth-order valence-corrected chi connectivity index (χ4v) is 1.27. The first-order valence-electron chi connectivity index (χ1n) is 5.43. The number of para-hydroxylation sites is 2. The largest absolute Gasteiger partial charge is 0.490 e. The van der Waals surface area contributed by atoms with Gasteiger partial charge in [0.1, 0.15) is 12.4 Å². The van der Waals surface area contributed by atoms with Gasteiger partial charge in [-0.15, -0.1) is 0 Å². The number of benzene rings is 1. The van der Waals surface area contributed by atoms with Gasteiger partial charge in [0.25, 0.3) is 0 Å². The van der Waals surface area contributed by atoms with Gasteiger partial charge < -0.3 is 15.6 Å². The number of aliphatic hydroxyl groups is 1. The standard InChI is InChI=1S/C12H20N2O2/c1-10(9-15)14(2)7-8-16-12-6-4-3-5-11(12)13/h3-6,10,15H,7-9,13H2,1-2H3. The number of nitrogens with two attached hydrogens (primary N) is 1. The highest BCUT2D eigenvalue weighted by atomic mass is 16.5. The lowest BCUT2D eigenvalue weighted by Gasteiger charge is -2.22. The zero-order chi connectivity index (χ0) is 12.0. The Labute approximate surface area is 96.6 Å². The Balaban J connectivity index is 2.33. The van der Waals surface area contributed by atoms with E-state index >= 15 is 0 Å². The molecule has 0 amide bonds. The molecule has 0 spiro atoms. The van der Waals surface area contributed by atoms with Gasteiger partial charge in [-0.25, -0.2) is 0 Å². The number of likely N-dealkylation sites (N-methyl/N-ethyl adjacent to an activating group) is 1. The van der Waals surface area contributed by atoms with Gasteiger partial charge in [0.05, 0.1) is 12.3 Å². The summed E-state index contributed by atoms with van der Waals surface area (Å²) in [4.78, 5) is 2.04. The second-order valence-corrected chi connectivity index (χ2v) is 3.90. The fourth-order valence-electron chi connectivity index (χ4n) is 1.27. The second kappa shape index (κ2) is 6.35. The molecule has 0 saturated heterocycles. The monoisotopic (exact) mass is 224 g/mol. The third-order valence-corrected chi connectivity index (χ3v) is 2.64. The van der Waals surface area contributed by atoms with Crippen LogP contribution in [0.5, 0.6) is 5.75 Å². The van der Waals surface area contributed by atoms with Crippen LogP contribution in [0, 0.1) is 0 Å². The molecule has 0 heterocycles. The molecule has 0 saturated carbocycles. The van der Waals surface area contributed by atoms with Crippen LogP contribution in [0.2, 0.25) is 0 Å². The normalized spacial score (nSPS) is 12.8. The molecule has 4 heteroatoms. The minimum atomic E-state index is 0.150. The van der Waals surface area contributed by atoms with Crippen LogP contribution in [0.4, 0.5) is 5.69 Å². The van der Waals surface area contributed by atoms with Crippen molar-refractivity contribution in [1.82, 2.24) is 4.90 Å². The Morgan fingerprint density at radius 3 is 2.75 bits per heavy atom. The molecular weight excluding hydrogens is 204 g/mol. The number of hydrogen-bond acceptors (Lipinski definition) is 4. The van der Waals surface area contributed by atoms with Gasteiger partial charge >= 0.3 is 0 Å². The maximum absolute atomic E-state index is 8.96. The van der Waals surface area contributed by atoms with Crippen molar-refractivity contribution in [3.05, 3.63) is 24.3 Å². The van der Waals surface area contributed by atoms with Gasteiger partial charge in [-0.3, -0.25) is 4.90 Å². The smallest absolute Gasteiger partial charge is 0.142 e. The summed E-state index contributed by atoms with van der Waals surface area (Å²) >= 11 is 0. The minimum Gasteiger partial charge on any atom is -0.490 e. The summed E-state index contributed by atoms with van der Waals surface area (Å²) < 4.78 is 5.55. The number of hydrogen-bond donors (Lipinski definition) is 2. The first-order valence-corrected chi connectivity index (χ1v) is 5.43. The fraction of sp³-hybridized carbons (Fsp3) is 0.500. The lowest BCUT2D eigenvalue weighted by molar-refractivity contribution is 0.140. The Morgan fingerprint density at radius 2 is 2.12 bits per heavy atom. The lowest BCUT2D eigenvalue weighted by Crippen LogP contribution is -2.35. The maximum Gasteiger partial charge on any atom is 0.142 e. The molecule has 16 heavy (non-hydrogen) atoms. The predicted octanol–water partition coefficient (Wildman–Crippen LogP) is 0.960. The van der Waals surface area contributed by atoms with Crippen molar-refractivity contribution in [3.8, 4) is 5.75 Å². The molecule has 0 aromatic heterocycles. The zero-order valence-electron chi connectivity index (χ0n) is 9.89. The van der Waals surface area contributed by atoms with Crippen molar-refractivity contribution in [2.45, 2.75) is 13.0 Å². The van der Waals surface area contributed by atoms with Crippen LogP contribution in [-0.4, -0.2) is 42.9 Å². The Kier molecular flexibility index (Phi) is 5.08. The van der Waals surface area contributed by atoms with Crippen LogP contribution < -0.4 is 10.5 Å². The molecule has 90 valence electrons. The van der Waals surface area contributed by atoms with Gasteiger partial charge in [0.2, 0.25) is 0 Å². The molecule has 0 bridgehead atoms. The number of nitrogens with zero attached hydrogens (tertiary/aromatic N) is 1. The van der Waals surface area contributed by atoms with Gasteiger partial charge in [-0.05, 0) is 26.1 Å². The molecule has 0 radical (unpaired) electrons. The van der Waals surface area contributed by atoms with Crippen LogP contribution in [0.1, 0.15) is 6.92 Å². The van der Waals surface area contributed by atoms with E-state index in [-0.39, 0.29) is 12.6 Å². The van der Waals surface area contributed by atoms with Gasteiger partial charge in [0, 0.05) is 12.6 Å². The molecular formula is C12H20N2O2. The second-order valence-electron chi connectivity index (χ2n) is 3.90. The summed E-state index contributed by atoms with van der Waals surface area (Å²) in [5, 5.41) is 8.96. The van der Waals surface area contributed by atoms with E-state index in [4.69, 9.17) is 15.6 Å². The zero-order valence-corrected chi connectivity index (χ0v) is 9.89. The third kappa shape index (κ3) is 3.72. The van der Waals surface area contributed by atoms with Crippen molar-refractivity contribution in [3.63, 3.8) is 0 Å². The van der Waals surface area contributed by atoms with Crippen molar-refractivity contribution < 1.29 is 9.84 Å². The summed E-state index contributed by atoms with van der Waals surface area (Å²) in [6.45, 7) is 3.45. The number of nitrogen functional groups attached to an aromatic ring is 1. The summed E-state index contributed by atoms with van der Waals surface area (Å²) in [5.74, 6) is 0.715. The summed E-state index contributed by atoms with van der Waals surface area (Å²) in [6, 6.07) is 7.59. The highest BCUT2D eigenvalue weighted by molar-refractivity contribution is 5.51. The topological polar surface area (TPSA) is 58.7 Å². The number of rotatable bonds is 6. The van der Waals surface area contributed by atoms with E-state index in [1.807, 2.05) is 43.1 Å². The van der Waals surface area contributed by atoms with E-state index in [2.05, 4.69) is 0 Å². The van der Waals surface area contributed by atoms with Gasteiger partial charge in [-0.2, -0.15) is 0 Å². The molecule has 0 aliphatic carbocycles. The highest BCUT2D eigenvalue weighted by Gasteiger charge is 2.07. The van der Waals surface area contributed by atoms with Gasteiger partial charge in [0.15, 0.2) is 0 Å². The van der Waals surface area contributed by atoms with E-state index < -0.39 is 0 Å². The summed E-state index contributed by atoms with van der Waals surface area (Å²) in [6.07, 6.45) is 0.